The second-order valence-corrected chi connectivity index (χ2v) is 8.98. The number of carbonyl (C=O) groups is 1. The predicted molar refractivity (Wildman–Crippen MR) is 113 cm³/mol. The van der Waals surface area contributed by atoms with Gasteiger partial charge in [-0.05, 0) is 49.6 Å². The van der Waals surface area contributed by atoms with Crippen LogP contribution in [0.25, 0.3) is 0 Å². The first kappa shape index (κ1) is 21.0. The second kappa shape index (κ2) is 8.32. The van der Waals surface area contributed by atoms with Gasteiger partial charge in [-0.25, -0.2) is 8.42 Å². The zero-order chi connectivity index (χ0) is 21.2. The first-order chi connectivity index (χ1) is 13.7. The summed E-state index contributed by atoms with van der Waals surface area (Å²) in [5.41, 5.74) is 2.73. The number of rotatable bonds is 6. The lowest BCUT2D eigenvalue weighted by atomic mass is 10.1. The Morgan fingerprint density at radius 2 is 1.79 bits per heavy atom. The lowest BCUT2D eigenvalue weighted by Crippen LogP contribution is -2.47. The second-order valence-electron chi connectivity index (χ2n) is 7.12. The van der Waals surface area contributed by atoms with Crippen molar-refractivity contribution in [3.8, 4) is 11.5 Å². The van der Waals surface area contributed by atoms with Crippen molar-refractivity contribution in [1.82, 2.24) is 0 Å². The number of benzene rings is 2. The van der Waals surface area contributed by atoms with Crippen molar-refractivity contribution in [1.29, 1.82) is 0 Å². The van der Waals surface area contributed by atoms with Gasteiger partial charge in [-0.3, -0.25) is 9.10 Å². The maximum atomic E-state index is 13.1. The van der Waals surface area contributed by atoms with Gasteiger partial charge >= 0.3 is 0 Å². The van der Waals surface area contributed by atoms with Crippen molar-refractivity contribution in [2.75, 3.05) is 29.1 Å². The van der Waals surface area contributed by atoms with Crippen molar-refractivity contribution in [2.24, 2.45) is 0 Å². The maximum absolute atomic E-state index is 13.1. The van der Waals surface area contributed by atoms with Crippen LogP contribution < -0.4 is 19.1 Å². The molecule has 0 radical (unpaired) electrons. The SMILES string of the molecule is CC[C@H](C(=O)Nc1ccc2c(c1)OCCO2)N(c1cc(C)ccc1C)S(C)(=O)=O. The number of ether oxygens (including phenoxy) is 2. The number of sulfonamides is 1. The smallest absolute Gasteiger partial charge is 0.248 e. The van der Waals surface area contributed by atoms with E-state index in [4.69, 9.17) is 9.47 Å². The van der Waals surface area contributed by atoms with E-state index in [1.807, 2.05) is 26.0 Å². The molecule has 0 fully saturated rings. The molecule has 2 aromatic carbocycles. The maximum Gasteiger partial charge on any atom is 0.248 e. The molecular formula is C21H26N2O5S. The molecule has 0 saturated heterocycles. The molecule has 0 spiro atoms. The minimum atomic E-state index is -3.69. The standard InChI is InChI=1S/C21H26N2O5S/c1-5-17(23(29(4,25)26)18-12-14(2)6-7-15(18)3)21(24)22-16-8-9-19-20(13-16)28-11-10-27-19/h6-9,12-13,17H,5,10-11H2,1-4H3,(H,22,24)/t17-/m1/s1. The zero-order valence-corrected chi connectivity index (χ0v) is 17.9. The van der Waals surface area contributed by atoms with Gasteiger partial charge in [0, 0.05) is 11.8 Å². The van der Waals surface area contributed by atoms with Crippen LogP contribution in [-0.4, -0.2) is 39.8 Å². The summed E-state index contributed by atoms with van der Waals surface area (Å²) in [5.74, 6) is 0.765. The summed E-state index contributed by atoms with van der Waals surface area (Å²) in [5, 5.41) is 2.82. The third-order valence-electron chi connectivity index (χ3n) is 4.74. The van der Waals surface area contributed by atoms with E-state index in [1.54, 1.807) is 31.2 Å². The van der Waals surface area contributed by atoms with Gasteiger partial charge in [-0.1, -0.05) is 19.1 Å². The molecule has 2 aromatic rings. The van der Waals surface area contributed by atoms with E-state index in [2.05, 4.69) is 5.32 Å². The van der Waals surface area contributed by atoms with Gasteiger partial charge in [0.2, 0.25) is 15.9 Å². The lowest BCUT2D eigenvalue weighted by Gasteiger charge is -2.31. The molecule has 1 atom stereocenters. The van der Waals surface area contributed by atoms with Crippen LogP contribution in [0.2, 0.25) is 0 Å². The van der Waals surface area contributed by atoms with Gasteiger partial charge in [0.1, 0.15) is 19.3 Å². The average Bonchev–Trinajstić information content (AvgIpc) is 2.67. The van der Waals surface area contributed by atoms with Crippen LogP contribution >= 0.6 is 0 Å². The molecule has 0 aromatic heterocycles. The summed E-state index contributed by atoms with van der Waals surface area (Å²) in [6.07, 6.45) is 1.44. The summed E-state index contributed by atoms with van der Waals surface area (Å²) in [6.45, 7) is 6.43. The highest BCUT2D eigenvalue weighted by Gasteiger charge is 2.32. The monoisotopic (exact) mass is 418 g/mol. The third-order valence-corrected chi connectivity index (χ3v) is 5.91. The highest BCUT2D eigenvalue weighted by atomic mass is 32.2. The van der Waals surface area contributed by atoms with Crippen molar-refractivity contribution in [2.45, 2.75) is 33.2 Å². The molecule has 1 heterocycles. The van der Waals surface area contributed by atoms with Crippen LogP contribution in [0.4, 0.5) is 11.4 Å². The lowest BCUT2D eigenvalue weighted by molar-refractivity contribution is -0.117. The molecule has 0 unspecified atom stereocenters. The van der Waals surface area contributed by atoms with E-state index < -0.39 is 22.0 Å². The summed E-state index contributed by atoms with van der Waals surface area (Å²) in [4.78, 5) is 13.1. The molecule has 1 aliphatic rings. The Labute approximate surface area is 171 Å². The number of nitrogens with one attached hydrogen (secondary N) is 1. The number of hydrogen-bond donors (Lipinski definition) is 1. The quantitative estimate of drug-likeness (QED) is 0.778. The fourth-order valence-corrected chi connectivity index (χ4v) is 4.60. The number of nitrogens with zero attached hydrogens (tertiary/aromatic N) is 1. The Bertz CT molecular complexity index is 1020. The van der Waals surface area contributed by atoms with Crippen molar-refractivity contribution < 1.29 is 22.7 Å². The first-order valence-corrected chi connectivity index (χ1v) is 11.3. The van der Waals surface area contributed by atoms with E-state index in [0.29, 0.717) is 42.5 Å². The topological polar surface area (TPSA) is 84.9 Å². The molecule has 29 heavy (non-hydrogen) atoms. The number of fused-ring (bicyclic) bond motifs is 1. The van der Waals surface area contributed by atoms with E-state index in [1.165, 1.54) is 4.31 Å². The Morgan fingerprint density at radius 3 is 2.45 bits per heavy atom. The van der Waals surface area contributed by atoms with Crippen LogP contribution in [0.5, 0.6) is 11.5 Å². The number of aryl methyl sites for hydroxylation is 2. The van der Waals surface area contributed by atoms with Crippen LogP contribution in [0.3, 0.4) is 0 Å². The van der Waals surface area contributed by atoms with Crippen molar-refractivity contribution in [3.63, 3.8) is 0 Å². The van der Waals surface area contributed by atoms with E-state index >= 15 is 0 Å². The largest absolute Gasteiger partial charge is 0.486 e. The Morgan fingerprint density at radius 1 is 1.10 bits per heavy atom. The van der Waals surface area contributed by atoms with Crippen LogP contribution in [0.1, 0.15) is 24.5 Å². The molecule has 0 saturated carbocycles. The Hall–Kier alpha value is -2.74. The number of hydrogen-bond acceptors (Lipinski definition) is 5. The van der Waals surface area contributed by atoms with Crippen LogP contribution in [0, 0.1) is 13.8 Å². The molecular weight excluding hydrogens is 392 g/mol. The molecule has 0 bridgehead atoms. The predicted octanol–water partition coefficient (Wildman–Crippen LogP) is 3.26. The number of anilines is 2. The molecule has 156 valence electrons. The van der Waals surface area contributed by atoms with Crippen LogP contribution in [-0.2, 0) is 14.8 Å². The van der Waals surface area contributed by atoms with E-state index in [9.17, 15) is 13.2 Å². The first-order valence-electron chi connectivity index (χ1n) is 9.48. The van der Waals surface area contributed by atoms with Gasteiger partial charge in [-0.15, -0.1) is 0 Å². The van der Waals surface area contributed by atoms with Gasteiger partial charge in [0.25, 0.3) is 0 Å². The summed E-state index contributed by atoms with van der Waals surface area (Å²) >= 11 is 0. The molecule has 1 amide bonds. The minimum absolute atomic E-state index is 0.316. The van der Waals surface area contributed by atoms with Crippen LogP contribution in [0.15, 0.2) is 36.4 Å². The summed E-state index contributed by atoms with van der Waals surface area (Å²) in [6, 6.07) is 9.78. The third kappa shape index (κ3) is 4.64. The molecule has 0 aliphatic carbocycles. The zero-order valence-electron chi connectivity index (χ0n) is 17.1. The van der Waals surface area contributed by atoms with E-state index in [0.717, 1.165) is 17.4 Å². The number of carbonyl (C=O) groups excluding carboxylic acids is 1. The van der Waals surface area contributed by atoms with Gasteiger partial charge < -0.3 is 14.8 Å². The van der Waals surface area contributed by atoms with Crippen molar-refractivity contribution in [3.05, 3.63) is 47.5 Å². The number of amides is 1. The minimum Gasteiger partial charge on any atom is -0.486 e. The normalized spacial score (nSPS) is 14.2. The highest BCUT2D eigenvalue weighted by molar-refractivity contribution is 7.92. The molecule has 1 N–H and O–H groups in total. The Balaban J connectivity index is 1.92. The van der Waals surface area contributed by atoms with Gasteiger partial charge in [-0.2, -0.15) is 0 Å². The van der Waals surface area contributed by atoms with Gasteiger partial charge in [0.05, 0.1) is 11.9 Å². The Kier molecular flexibility index (Phi) is 6.02. The summed E-state index contributed by atoms with van der Waals surface area (Å²) in [7, 11) is -3.69. The van der Waals surface area contributed by atoms with Crippen molar-refractivity contribution >= 4 is 27.3 Å². The molecule has 8 heteroatoms. The molecule has 3 rings (SSSR count). The summed E-state index contributed by atoms with van der Waals surface area (Å²) < 4.78 is 37.6. The van der Waals surface area contributed by atoms with Gasteiger partial charge in [0.15, 0.2) is 11.5 Å². The van der Waals surface area contributed by atoms with E-state index in [-0.39, 0.29) is 0 Å². The molecule has 7 nitrogen and oxygen atoms in total. The average molecular weight is 419 g/mol. The fraction of sp³-hybridized carbons (Fsp3) is 0.381. The fourth-order valence-electron chi connectivity index (χ4n) is 3.34. The highest BCUT2D eigenvalue weighted by Crippen LogP contribution is 2.33. The molecule has 1 aliphatic heterocycles.